The third-order valence-electron chi connectivity index (χ3n) is 3.50. The van der Waals surface area contributed by atoms with Crippen LogP contribution < -0.4 is 5.32 Å². The third-order valence-corrected chi connectivity index (χ3v) is 3.50. The molecule has 19 heavy (non-hydrogen) atoms. The predicted molar refractivity (Wildman–Crippen MR) is 76.7 cm³/mol. The van der Waals surface area contributed by atoms with Gasteiger partial charge in [-0.3, -0.25) is 0 Å². The lowest BCUT2D eigenvalue weighted by Crippen LogP contribution is -2.15. The molecule has 1 fully saturated rings. The SMILES string of the molecule is CCc1ccc(-c2ncc(CNC3CC3)cn2)cc1. The van der Waals surface area contributed by atoms with Crippen molar-refractivity contribution >= 4 is 0 Å². The van der Waals surface area contributed by atoms with Gasteiger partial charge in [-0.05, 0) is 24.8 Å². The number of nitrogens with zero attached hydrogens (tertiary/aromatic N) is 2. The number of benzene rings is 1. The summed E-state index contributed by atoms with van der Waals surface area (Å²) in [6.07, 6.45) is 7.52. The highest BCUT2D eigenvalue weighted by atomic mass is 15.0. The second-order valence-electron chi connectivity index (χ2n) is 5.12. The minimum Gasteiger partial charge on any atom is -0.310 e. The summed E-state index contributed by atoms with van der Waals surface area (Å²) in [5.74, 6) is 0.804. The van der Waals surface area contributed by atoms with Crippen LogP contribution >= 0.6 is 0 Å². The van der Waals surface area contributed by atoms with E-state index in [1.165, 1.54) is 18.4 Å². The van der Waals surface area contributed by atoms with E-state index in [9.17, 15) is 0 Å². The Hall–Kier alpha value is -1.74. The van der Waals surface area contributed by atoms with Gasteiger partial charge in [0.05, 0.1) is 0 Å². The van der Waals surface area contributed by atoms with Crippen molar-refractivity contribution in [3.05, 3.63) is 47.8 Å². The van der Waals surface area contributed by atoms with Gasteiger partial charge in [0.2, 0.25) is 0 Å². The molecule has 3 nitrogen and oxygen atoms in total. The van der Waals surface area contributed by atoms with E-state index in [0.29, 0.717) is 0 Å². The molecule has 0 saturated heterocycles. The van der Waals surface area contributed by atoms with Crippen LogP contribution in [-0.2, 0) is 13.0 Å². The van der Waals surface area contributed by atoms with Crippen LogP contribution in [0.1, 0.15) is 30.9 Å². The summed E-state index contributed by atoms with van der Waals surface area (Å²) < 4.78 is 0. The van der Waals surface area contributed by atoms with Crippen molar-refractivity contribution in [3.8, 4) is 11.4 Å². The smallest absolute Gasteiger partial charge is 0.159 e. The zero-order valence-electron chi connectivity index (χ0n) is 11.3. The van der Waals surface area contributed by atoms with Crippen molar-refractivity contribution in [2.45, 2.75) is 38.8 Å². The molecule has 0 unspecified atom stereocenters. The van der Waals surface area contributed by atoms with Gasteiger partial charge in [0.15, 0.2) is 5.82 Å². The van der Waals surface area contributed by atoms with Gasteiger partial charge in [-0.2, -0.15) is 0 Å². The van der Waals surface area contributed by atoms with Crippen LogP contribution in [0, 0.1) is 0 Å². The van der Waals surface area contributed by atoms with E-state index >= 15 is 0 Å². The lowest BCUT2D eigenvalue weighted by atomic mass is 10.1. The Morgan fingerprint density at radius 3 is 2.32 bits per heavy atom. The van der Waals surface area contributed by atoms with Gasteiger partial charge in [0.25, 0.3) is 0 Å². The van der Waals surface area contributed by atoms with Gasteiger partial charge in [-0.25, -0.2) is 9.97 Å². The van der Waals surface area contributed by atoms with Crippen molar-refractivity contribution in [1.29, 1.82) is 0 Å². The molecule has 1 aliphatic carbocycles. The fraction of sp³-hybridized carbons (Fsp3) is 0.375. The van der Waals surface area contributed by atoms with Crippen molar-refractivity contribution in [2.24, 2.45) is 0 Å². The van der Waals surface area contributed by atoms with Gasteiger partial charge in [0.1, 0.15) is 0 Å². The van der Waals surface area contributed by atoms with E-state index in [0.717, 1.165) is 36.0 Å². The second-order valence-corrected chi connectivity index (χ2v) is 5.12. The monoisotopic (exact) mass is 253 g/mol. The molecule has 3 heteroatoms. The number of aryl methyl sites for hydroxylation is 1. The molecule has 1 aromatic heterocycles. The van der Waals surface area contributed by atoms with E-state index in [4.69, 9.17) is 0 Å². The first-order valence-corrected chi connectivity index (χ1v) is 6.99. The van der Waals surface area contributed by atoms with Crippen LogP contribution in [0.15, 0.2) is 36.7 Å². The van der Waals surface area contributed by atoms with Crippen LogP contribution in [0.2, 0.25) is 0 Å². The van der Waals surface area contributed by atoms with Crippen molar-refractivity contribution in [3.63, 3.8) is 0 Å². The lowest BCUT2D eigenvalue weighted by Gasteiger charge is -2.04. The Morgan fingerprint density at radius 1 is 1.05 bits per heavy atom. The van der Waals surface area contributed by atoms with Crippen molar-refractivity contribution in [1.82, 2.24) is 15.3 Å². The van der Waals surface area contributed by atoms with E-state index in [1.54, 1.807) is 0 Å². The molecule has 1 aromatic carbocycles. The van der Waals surface area contributed by atoms with Crippen molar-refractivity contribution in [2.75, 3.05) is 0 Å². The fourth-order valence-electron chi connectivity index (χ4n) is 2.03. The first-order valence-electron chi connectivity index (χ1n) is 6.99. The molecule has 3 rings (SSSR count). The molecule has 0 aliphatic heterocycles. The highest BCUT2D eigenvalue weighted by Crippen LogP contribution is 2.19. The molecule has 0 bridgehead atoms. The van der Waals surface area contributed by atoms with E-state index < -0.39 is 0 Å². The molecule has 1 aliphatic rings. The minimum absolute atomic E-state index is 0.723. The summed E-state index contributed by atoms with van der Waals surface area (Å²) in [5, 5.41) is 3.47. The largest absolute Gasteiger partial charge is 0.310 e. The Labute approximate surface area is 114 Å². The normalized spacial score (nSPS) is 14.6. The lowest BCUT2D eigenvalue weighted by molar-refractivity contribution is 0.683. The maximum atomic E-state index is 4.45. The van der Waals surface area contributed by atoms with Gasteiger partial charge in [-0.15, -0.1) is 0 Å². The molecule has 98 valence electrons. The average molecular weight is 253 g/mol. The number of hydrogen-bond donors (Lipinski definition) is 1. The Balaban J connectivity index is 1.69. The zero-order valence-corrected chi connectivity index (χ0v) is 11.3. The van der Waals surface area contributed by atoms with E-state index in [-0.39, 0.29) is 0 Å². The predicted octanol–water partition coefficient (Wildman–Crippen LogP) is 2.96. The average Bonchev–Trinajstić information content (AvgIpc) is 3.30. The summed E-state index contributed by atoms with van der Waals surface area (Å²) in [6, 6.07) is 9.19. The van der Waals surface area contributed by atoms with Crippen LogP contribution in [0.4, 0.5) is 0 Å². The highest BCUT2D eigenvalue weighted by molar-refractivity contribution is 5.55. The first kappa shape index (κ1) is 12.3. The molecule has 1 saturated carbocycles. The summed E-state index contributed by atoms with van der Waals surface area (Å²) in [7, 11) is 0. The Morgan fingerprint density at radius 2 is 1.74 bits per heavy atom. The number of aromatic nitrogens is 2. The third kappa shape index (κ3) is 3.18. The molecule has 0 amide bonds. The number of nitrogens with one attached hydrogen (secondary N) is 1. The maximum Gasteiger partial charge on any atom is 0.159 e. The number of rotatable bonds is 5. The number of hydrogen-bond acceptors (Lipinski definition) is 3. The molecule has 0 radical (unpaired) electrons. The second kappa shape index (κ2) is 5.49. The van der Waals surface area contributed by atoms with E-state index in [1.807, 2.05) is 12.4 Å². The first-order chi connectivity index (χ1) is 9.35. The van der Waals surface area contributed by atoms with Crippen molar-refractivity contribution < 1.29 is 0 Å². The summed E-state index contributed by atoms with van der Waals surface area (Å²) >= 11 is 0. The van der Waals surface area contributed by atoms with Crippen LogP contribution in [0.3, 0.4) is 0 Å². The van der Waals surface area contributed by atoms with E-state index in [2.05, 4.69) is 46.5 Å². The molecular weight excluding hydrogens is 234 g/mol. The van der Waals surface area contributed by atoms with Gasteiger partial charge in [-0.1, -0.05) is 31.2 Å². The van der Waals surface area contributed by atoms with Crippen LogP contribution in [0.25, 0.3) is 11.4 Å². The minimum atomic E-state index is 0.723. The molecule has 2 aromatic rings. The molecule has 1 heterocycles. The fourth-order valence-corrected chi connectivity index (χ4v) is 2.03. The standard InChI is InChI=1S/C16H19N3/c1-2-12-3-5-14(6-4-12)16-18-10-13(11-19-16)9-17-15-7-8-15/h3-6,10-11,15,17H,2,7-9H2,1H3. The van der Waals surface area contributed by atoms with Crippen LogP contribution in [-0.4, -0.2) is 16.0 Å². The maximum absolute atomic E-state index is 4.45. The van der Waals surface area contributed by atoms with Gasteiger partial charge in [0, 0.05) is 36.1 Å². The summed E-state index contributed by atoms with van der Waals surface area (Å²) in [4.78, 5) is 8.90. The quantitative estimate of drug-likeness (QED) is 0.890. The molecule has 1 N–H and O–H groups in total. The highest BCUT2D eigenvalue weighted by Gasteiger charge is 2.19. The summed E-state index contributed by atoms with van der Waals surface area (Å²) in [6.45, 7) is 3.03. The van der Waals surface area contributed by atoms with Gasteiger partial charge < -0.3 is 5.32 Å². The Bertz CT molecular complexity index is 527. The molecular formula is C16H19N3. The molecule has 0 spiro atoms. The zero-order chi connectivity index (χ0) is 13.1. The van der Waals surface area contributed by atoms with Crippen LogP contribution in [0.5, 0.6) is 0 Å². The topological polar surface area (TPSA) is 37.8 Å². The summed E-state index contributed by atoms with van der Waals surface area (Å²) in [5.41, 5.74) is 3.58. The molecule has 0 atom stereocenters. The Kier molecular flexibility index (Phi) is 3.56. The van der Waals surface area contributed by atoms with Gasteiger partial charge >= 0.3 is 0 Å².